The molecule has 1 aliphatic rings. The number of rotatable bonds is 5. The third-order valence-corrected chi connectivity index (χ3v) is 4.84. The average molecular weight is 310 g/mol. The highest BCUT2D eigenvalue weighted by molar-refractivity contribution is 6.17. The van der Waals surface area contributed by atoms with Crippen LogP contribution >= 0.6 is 11.6 Å². The summed E-state index contributed by atoms with van der Waals surface area (Å²) < 4.78 is 0. The Balaban J connectivity index is 1.88. The number of carbonyl (C=O) groups is 1. The number of nitrogens with one attached hydrogen (secondary N) is 1. The molecule has 0 aliphatic heterocycles. The lowest BCUT2D eigenvalue weighted by atomic mass is 9.78. The maximum atomic E-state index is 12.2. The smallest absolute Gasteiger partial charge is 0.251 e. The highest BCUT2D eigenvalue weighted by Crippen LogP contribution is 2.33. The fourth-order valence-corrected chi connectivity index (χ4v) is 3.11. The summed E-state index contributed by atoms with van der Waals surface area (Å²) in [6, 6.07) is 7.28. The van der Waals surface area contributed by atoms with Gasteiger partial charge in [0, 0.05) is 18.0 Å². The lowest BCUT2D eigenvalue weighted by Crippen LogP contribution is -2.45. The van der Waals surface area contributed by atoms with Gasteiger partial charge in [0.05, 0.1) is 5.60 Å². The molecule has 0 unspecified atom stereocenters. The van der Waals surface area contributed by atoms with Crippen molar-refractivity contribution in [3.05, 3.63) is 35.4 Å². The Morgan fingerprint density at radius 1 is 1.43 bits per heavy atom. The minimum atomic E-state index is -0.745. The van der Waals surface area contributed by atoms with E-state index in [-0.39, 0.29) is 5.91 Å². The molecule has 0 saturated heterocycles. The fraction of sp³-hybridized carbons (Fsp3) is 0.588. The van der Waals surface area contributed by atoms with E-state index in [0.29, 0.717) is 18.0 Å². The lowest BCUT2D eigenvalue weighted by Gasteiger charge is -2.35. The van der Waals surface area contributed by atoms with Crippen LogP contribution in [0.3, 0.4) is 0 Å². The van der Waals surface area contributed by atoms with E-state index in [1.54, 1.807) is 12.1 Å². The Kier molecular flexibility index (Phi) is 5.65. The molecule has 1 aliphatic carbocycles. The topological polar surface area (TPSA) is 49.3 Å². The van der Waals surface area contributed by atoms with Gasteiger partial charge in [0.2, 0.25) is 0 Å². The van der Waals surface area contributed by atoms with Crippen molar-refractivity contribution in [1.29, 1.82) is 0 Å². The summed E-state index contributed by atoms with van der Waals surface area (Å²) in [6.07, 6.45) is 4.81. The van der Waals surface area contributed by atoms with Gasteiger partial charge in [-0.25, -0.2) is 0 Å². The number of halogens is 1. The molecule has 3 nitrogen and oxygen atoms in total. The second-order valence-electron chi connectivity index (χ2n) is 6.09. The quantitative estimate of drug-likeness (QED) is 0.818. The standard InChI is InChI=1S/C17H24ClNO2/c1-2-13-6-8-17(21,9-7-13)12-19-16(20)15-5-3-4-14(10-15)11-18/h3-5,10,13,21H,2,6-9,11-12H2,1H3,(H,19,20). The Bertz CT molecular complexity index is 481. The average Bonchev–Trinajstić information content (AvgIpc) is 2.53. The van der Waals surface area contributed by atoms with E-state index in [0.717, 1.165) is 37.2 Å². The van der Waals surface area contributed by atoms with E-state index < -0.39 is 5.60 Å². The Hall–Kier alpha value is -1.06. The predicted molar refractivity (Wildman–Crippen MR) is 85.5 cm³/mol. The first-order chi connectivity index (χ1) is 10.1. The summed E-state index contributed by atoms with van der Waals surface area (Å²) >= 11 is 5.78. The number of alkyl halides is 1. The van der Waals surface area contributed by atoms with Crippen molar-refractivity contribution in [1.82, 2.24) is 5.32 Å². The van der Waals surface area contributed by atoms with Crippen LogP contribution in [0.5, 0.6) is 0 Å². The van der Waals surface area contributed by atoms with Crippen LogP contribution in [0.25, 0.3) is 0 Å². The van der Waals surface area contributed by atoms with Crippen LogP contribution in [0.1, 0.15) is 54.9 Å². The molecule has 0 radical (unpaired) electrons. The van der Waals surface area contributed by atoms with Crippen LogP contribution in [0.4, 0.5) is 0 Å². The van der Waals surface area contributed by atoms with Gasteiger partial charge in [0.1, 0.15) is 0 Å². The number of hydrogen-bond acceptors (Lipinski definition) is 2. The molecule has 0 heterocycles. The second-order valence-corrected chi connectivity index (χ2v) is 6.36. The van der Waals surface area contributed by atoms with Gasteiger partial charge < -0.3 is 10.4 Å². The minimum Gasteiger partial charge on any atom is -0.388 e. The van der Waals surface area contributed by atoms with Crippen molar-refractivity contribution in [3.8, 4) is 0 Å². The van der Waals surface area contributed by atoms with E-state index >= 15 is 0 Å². The molecule has 1 fully saturated rings. The van der Waals surface area contributed by atoms with Crippen LogP contribution in [-0.4, -0.2) is 23.2 Å². The van der Waals surface area contributed by atoms with Crippen molar-refractivity contribution >= 4 is 17.5 Å². The zero-order chi connectivity index (χ0) is 15.3. The zero-order valence-corrected chi connectivity index (χ0v) is 13.3. The number of amides is 1. The normalized spacial score (nSPS) is 25.6. The zero-order valence-electron chi connectivity index (χ0n) is 12.6. The van der Waals surface area contributed by atoms with Gasteiger partial charge in [0.15, 0.2) is 0 Å². The molecule has 116 valence electrons. The van der Waals surface area contributed by atoms with Gasteiger partial charge >= 0.3 is 0 Å². The summed E-state index contributed by atoms with van der Waals surface area (Å²) in [6.45, 7) is 2.52. The molecule has 0 atom stereocenters. The fourth-order valence-electron chi connectivity index (χ4n) is 2.94. The predicted octanol–water partition coefficient (Wildman–Crippen LogP) is 3.49. The highest BCUT2D eigenvalue weighted by atomic mass is 35.5. The highest BCUT2D eigenvalue weighted by Gasteiger charge is 2.32. The van der Waals surface area contributed by atoms with Gasteiger partial charge in [0.25, 0.3) is 5.91 Å². The molecule has 1 aromatic carbocycles. The van der Waals surface area contributed by atoms with Crippen molar-refractivity contribution in [3.63, 3.8) is 0 Å². The van der Waals surface area contributed by atoms with Crippen molar-refractivity contribution < 1.29 is 9.90 Å². The van der Waals surface area contributed by atoms with E-state index in [1.165, 1.54) is 6.42 Å². The number of benzene rings is 1. The SMILES string of the molecule is CCC1CCC(O)(CNC(=O)c2cccc(CCl)c2)CC1. The molecule has 1 saturated carbocycles. The van der Waals surface area contributed by atoms with Crippen LogP contribution in [0, 0.1) is 5.92 Å². The summed E-state index contributed by atoms with van der Waals surface area (Å²) in [5, 5.41) is 13.4. The minimum absolute atomic E-state index is 0.145. The first-order valence-corrected chi connectivity index (χ1v) is 8.25. The monoisotopic (exact) mass is 309 g/mol. The number of carbonyl (C=O) groups excluding carboxylic acids is 1. The van der Waals surface area contributed by atoms with Gasteiger partial charge in [-0.1, -0.05) is 25.5 Å². The van der Waals surface area contributed by atoms with Crippen LogP contribution in [0.15, 0.2) is 24.3 Å². The first-order valence-electron chi connectivity index (χ1n) is 7.72. The summed E-state index contributed by atoms with van der Waals surface area (Å²) in [5.74, 6) is 0.970. The molecular weight excluding hydrogens is 286 g/mol. The molecule has 1 amide bonds. The van der Waals surface area contributed by atoms with Crippen LogP contribution in [0.2, 0.25) is 0 Å². The van der Waals surface area contributed by atoms with Crippen molar-refractivity contribution in [2.45, 2.75) is 50.5 Å². The number of aliphatic hydroxyl groups is 1. The third-order valence-electron chi connectivity index (χ3n) is 4.53. The molecule has 4 heteroatoms. The maximum absolute atomic E-state index is 12.2. The molecular formula is C17H24ClNO2. The van der Waals surface area contributed by atoms with E-state index in [2.05, 4.69) is 12.2 Å². The number of hydrogen-bond donors (Lipinski definition) is 2. The van der Waals surface area contributed by atoms with E-state index in [9.17, 15) is 9.90 Å². The first kappa shape index (κ1) is 16.3. The molecule has 0 bridgehead atoms. The van der Waals surface area contributed by atoms with Gasteiger partial charge in [-0.15, -0.1) is 11.6 Å². The van der Waals surface area contributed by atoms with Crippen LogP contribution < -0.4 is 5.32 Å². The molecule has 21 heavy (non-hydrogen) atoms. The van der Waals surface area contributed by atoms with E-state index in [4.69, 9.17) is 11.6 Å². The van der Waals surface area contributed by atoms with Gasteiger partial charge in [-0.3, -0.25) is 4.79 Å². The Morgan fingerprint density at radius 2 is 2.14 bits per heavy atom. The van der Waals surface area contributed by atoms with E-state index in [1.807, 2.05) is 12.1 Å². The summed E-state index contributed by atoms with van der Waals surface area (Å²) in [7, 11) is 0. The molecule has 0 spiro atoms. The summed E-state index contributed by atoms with van der Waals surface area (Å²) in [4.78, 5) is 12.2. The van der Waals surface area contributed by atoms with Crippen molar-refractivity contribution in [2.24, 2.45) is 5.92 Å². The lowest BCUT2D eigenvalue weighted by molar-refractivity contribution is -0.00786. The largest absolute Gasteiger partial charge is 0.388 e. The third kappa shape index (κ3) is 4.45. The Morgan fingerprint density at radius 3 is 2.76 bits per heavy atom. The second kappa shape index (κ2) is 7.28. The molecule has 2 rings (SSSR count). The van der Waals surface area contributed by atoms with Crippen molar-refractivity contribution in [2.75, 3.05) is 6.54 Å². The molecule has 1 aromatic rings. The Labute approximate surface area is 131 Å². The van der Waals surface area contributed by atoms with Gasteiger partial charge in [-0.05, 0) is 49.3 Å². The summed E-state index contributed by atoms with van der Waals surface area (Å²) in [5.41, 5.74) is 0.774. The maximum Gasteiger partial charge on any atom is 0.251 e. The van der Waals surface area contributed by atoms with Crippen LogP contribution in [-0.2, 0) is 5.88 Å². The molecule has 2 N–H and O–H groups in total. The van der Waals surface area contributed by atoms with Gasteiger partial charge in [-0.2, -0.15) is 0 Å². The molecule has 0 aromatic heterocycles.